The van der Waals surface area contributed by atoms with Crippen LogP contribution in [-0.2, 0) is 16.1 Å². The molecular formula is C22H30F3N3O3. The number of ether oxygens (including phenoxy) is 2. The second kappa shape index (κ2) is 9.75. The predicted molar refractivity (Wildman–Crippen MR) is 109 cm³/mol. The van der Waals surface area contributed by atoms with Crippen molar-refractivity contribution in [3.05, 3.63) is 29.8 Å². The first-order chi connectivity index (χ1) is 14.9. The summed E-state index contributed by atoms with van der Waals surface area (Å²) in [5.74, 6) is -0.138. The highest BCUT2D eigenvalue weighted by Crippen LogP contribution is 2.27. The van der Waals surface area contributed by atoms with Gasteiger partial charge in [-0.15, -0.1) is 13.2 Å². The van der Waals surface area contributed by atoms with Gasteiger partial charge in [-0.1, -0.05) is 12.1 Å². The van der Waals surface area contributed by atoms with E-state index in [9.17, 15) is 18.0 Å². The van der Waals surface area contributed by atoms with E-state index in [4.69, 9.17) is 4.74 Å². The lowest BCUT2D eigenvalue weighted by molar-refractivity contribution is -0.274. The highest BCUT2D eigenvalue weighted by molar-refractivity contribution is 5.78. The normalized spacial score (nSPS) is 26.0. The Morgan fingerprint density at radius 2 is 1.81 bits per heavy atom. The summed E-state index contributed by atoms with van der Waals surface area (Å²) in [5.41, 5.74) is 0.773. The Morgan fingerprint density at radius 1 is 1.03 bits per heavy atom. The third-order valence-electron chi connectivity index (χ3n) is 6.44. The molecule has 3 saturated heterocycles. The maximum atomic E-state index is 12.6. The van der Waals surface area contributed by atoms with Crippen LogP contribution in [0.4, 0.5) is 13.2 Å². The Bertz CT molecular complexity index is 755. The molecule has 0 spiro atoms. The summed E-state index contributed by atoms with van der Waals surface area (Å²) in [5, 5.41) is 0. The number of benzene rings is 1. The van der Waals surface area contributed by atoms with E-state index in [1.54, 1.807) is 6.07 Å². The van der Waals surface area contributed by atoms with Gasteiger partial charge in [0.05, 0.1) is 12.1 Å². The van der Waals surface area contributed by atoms with Gasteiger partial charge in [0.2, 0.25) is 5.91 Å². The van der Waals surface area contributed by atoms with E-state index in [1.807, 2.05) is 11.0 Å². The van der Waals surface area contributed by atoms with E-state index >= 15 is 0 Å². The van der Waals surface area contributed by atoms with Crippen molar-refractivity contribution in [2.45, 2.75) is 50.7 Å². The van der Waals surface area contributed by atoms with E-state index in [1.165, 1.54) is 25.0 Å². The summed E-state index contributed by atoms with van der Waals surface area (Å²) in [7, 11) is 0. The van der Waals surface area contributed by atoms with Crippen molar-refractivity contribution < 1.29 is 27.4 Å². The number of fused-ring (bicyclic) bond motifs is 1. The van der Waals surface area contributed by atoms with Crippen LogP contribution in [0.2, 0.25) is 0 Å². The lowest BCUT2D eigenvalue weighted by Gasteiger charge is -2.40. The summed E-state index contributed by atoms with van der Waals surface area (Å²) in [6, 6.07) is 6.20. The number of hydrogen-bond donors (Lipinski definition) is 0. The van der Waals surface area contributed by atoms with Crippen LogP contribution in [0.3, 0.4) is 0 Å². The van der Waals surface area contributed by atoms with E-state index in [-0.39, 0.29) is 30.4 Å². The fraction of sp³-hybridized carbons (Fsp3) is 0.682. The molecule has 0 saturated carbocycles. The molecule has 172 valence electrons. The number of alkyl halides is 3. The van der Waals surface area contributed by atoms with E-state index in [2.05, 4.69) is 14.5 Å². The van der Waals surface area contributed by atoms with Gasteiger partial charge in [-0.3, -0.25) is 9.69 Å². The van der Waals surface area contributed by atoms with Crippen LogP contribution in [0.5, 0.6) is 5.75 Å². The van der Waals surface area contributed by atoms with Gasteiger partial charge in [0.1, 0.15) is 12.4 Å². The largest absolute Gasteiger partial charge is 0.573 e. The Morgan fingerprint density at radius 3 is 2.58 bits per heavy atom. The van der Waals surface area contributed by atoms with Gasteiger partial charge in [-0.25, -0.2) is 0 Å². The average Bonchev–Trinajstić information content (AvgIpc) is 3.14. The number of halogens is 3. The molecule has 1 aromatic rings. The van der Waals surface area contributed by atoms with Gasteiger partial charge in [-0.2, -0.15) is 0 Å². The minimum Gasteiger partial charge on any atom is -0.406 e. The second-order valence-corrected chi connectivity index (χ2v) is 8.60. The SMILES string of the molecule is O=C1CO[C@H]2CCN(Cc3cccc(OC(F)(F)F)c3)CC[C@@H]2N1CCN1CCCC1. The molecule has 9 heteroatoms. The first-order valence-corrected chi connectivity index (χ1v) is 11.1. The maximum absolute atomic E-state index is 12.6. The molecule has 3 heterocycles. The monoisotopic (exact) mass is 441 g/mol. The lowest BCUT2D eigenvalue weighted by Crippen LogP contribution is -2.56. The quantitative estimate of drug-likeness (QED) is 0.680. The van der Waals surface area contributed by atoms with Crippen molar-refractivity contribution in [2.24, 2.45) is 0 Å². The first kappa shape index (κ1) is 22.4. The Kier molecular flexibility index (Phi) is 7.03. The van der Waals surface area contributed by atoms with Crippen LogP contribution >= 0.6 is 0 Å². The third-order valence-corrected chi connectivity index (χ3v) is 6.44. The number of carbonyl (C=O) groups is 1. The zero-order chi connectivity index (χ0) is 21.8. The summed E-state index contributed by atoms with van der Waals surface area (Å²) in [4.78, 5) is 19.2. The number of morpholine rings is 1. The Balaban J connectivity index is 1.35. The maximum Gasteiger partial charge on any atom is 0.573 e. The summed E-state index contributed by atoms with van der Waals surface area (Å²) in [6.07, 6.45) is -0.618. The smallest absolute Gasteiger partial charge is 0.406 e. The lowest BCUT2D eigenvalue weighted by atomic mass is 10.0. The van der Waals surface area contributed by atoms with E-state index in [0.29, 0.717) is 6.54 Å². The fourth-order valence-electron chi connectivity index (χ4n) is 4.92. The summed E-state index contributed by atoms with van der Waals surface area (Å²) in [6.45, 7) is 6.08. The van der Waals surface area contributed by atoms with Crippen molar-refractivity contribution in [3.8, 4) is 5.75 Å². The van der Waals surface area contributed by atoms with Crippen molar-refractivity contribution >= 4 is 5.91 Å². The number of likely N-dealkylation sites (tertiary alicyclic amines) is 2. The molecule has 1 aromatic carbocycles. The van der Waals surface area contributed by atoms with Gasteiger partial charge in [0.25, 0.3) is 0 Å². The van der Waals surface area contributed by atoms with Crippen LogP contribution < -0.4 is 4.74 Å². The fourth-order valence-corrected chi connectivity index (χ4v) is 4.92. The molecule has 3 aliphatic rings. The Labute approximate surface area is 180 Å². The summed E-state index contributed by atoms with van der Waals surface area (Å²) >= 11 is 0. The molecule has 31 heavy (non-hydrogen) atoms. The molecule has 0 radical (unpaired) electrons. The third kappa shape index (κ3) is 6.11. The molecule has 0 aliphatic carbocycles. The van der Waals surface area contributed by atoms with Crippen LogP contribution in [0.1, 0.15) is 31.2 Å². The Hall–Kier alpha value is -1.84. The molecule has 0 unspecified atom stereocenters. The number of rotatable bonds is 6. The van der Waals surface area contributed by atoms with Gasteiger partial charge >= 0.3 is 6.36 Å². The predicted octanol–water partition coefficient (Wildman–Crippen LogP) is 2.87. The molecule has 4 rings (SSSR count). The number of amides is 1. The molecule has 2 atom stereocenters. The zero-order valence-corrected chi connectivity index (χ0v) is 17.6. The topological polar surface area (TPSA) is 45.2 Å². The molecule has 3 aliphatic heterocycles. The highest BCUT2D eigenvalue weighted by Gasteiger charge is 2.38. The molecule has 1 amide bonds. The van der Waals surface area contributed by atoms with Crippen LogP contribution in [-0.4, -0.2) is 85.0 Å². The van der Waals surface area contributed by atoms with Crippen molar-refractivity contribution in [1.29, 1.82) is 0 Å². The van der Waals surface area contributed by atoms with Crippen LogP contribution in [0.15, 0.2) is 24.3 Å². The van der Waals surface area contributed by atoms with Gasteiger partial charge in [0.15, 0.2) is 0 Å². The van der Waals surface area contributed by atoms with Crippen LogP contribution in [0.25, 0.3) is 0 Å². The number of hydrogen-bond acceptors (Lipinski definition) is 5. The molecule has 0 bridgehead atoms. The zero-order valence-electron chi connectivity index (χ0n) is 17.6. The van der Waals surface area contributed by atoms with Crippen molar-refractivity contribution in [1.82, 2.24) is 14.7 Å². The highest BCUT2D eigenvalue weighted by atomic mass is 19.4. The molecule has 3 fully saturated rings. The van der Waals surface area contributed by atoms with E-state index < -0.39 is 6.36 Å². The molecule has 6 nitrogen and oxygen atoms in total. The van der Waals surface area contributed by atoms with Gasteiger partial charge in [0, 0.05) is 32.7 Å². The summed E-state index contributed by atoms with van der Waals surface area (Å²) < 4.78 is 47.4. The van der Waals surface area contributed by atoms with Crippen molar-refractivity contribution in [2.75, 3.05) is 45.9 Å². The average molecular weight is 441 g/mol. The molecule has 0 aromatic heterocycles. The first-order valence-electron chi connectivity index (χ1n) is 11.1. The minimum atomic E-state index is -4.70. The van der Waals surface area contributed by atoms with Crippen LogP contribution in [0, 0.1) is 0 Å². The van der Waals surface area contributed by atoms with E-state index in [0.717, 1.165) is 57.7 Å². The number of nitrogens with zero attached hydrogens (tertiary/aromatic N) is 3. The molecular weight excluding hydrogens is 411 g/mol. The standard InChI is InChI=1S/C22H30F3N3O3/c23-22(24,25)31-18-5-3-4-17(14-18)15-27-10-6-19-20(7-11-27)30-16-21(29)28(19)13-12-26-8-1-2-9-26/h3-5,14,19-20H,1-2,6-13,15-16H2/t19-,20-/m0/s1. The second-order valence-electron chi connectivity index (χ2n) is 8.60. The van der Waals surface area contributed by atoms with Gasteiger partial charge in [-0.05, 0) is 56.5 Å². The minimum absolute atomic E-state index is 0.0150. The van der Waals surface area contributed by atoms with Crippen molar-refractivity contribution in [3.63, 3.8) is 0 Å². The molecule has 0 N–H and O–H groups in total. The number of carbonyl (C=O) groups excluding carboxylic acids is 1. The van der Waals surface area contributed by atoms with Gasteiger partial charge < -0.3 is 19.3 Å².